The molecule has 0 radical (unpaired) electrons. The second kappa shape index (κ2) is 8.87. The molecule has 8 nitrogen and oxygen atoms in total. The van der Waals surface area contributed by atoms with Gasteiger partial charge in [-0.1, -0.05) is 36.4 Å². The lowest BCUT2D eigenvalue weighted by Crippen LogP contribution is -2.10. The van der Waals surface area contributed by atoms with Crippen molar-refractivity contribution in [3.05, 3.63) is 78.1 Å². The molecule has 0 saturated carbocycles. The highest BCUT2D eigenvalue weighted by Gasteiger charge is 2.11. The van der Waals surface area contributed by atoms with Crippen molar-refractivity contribution in [1.29, 1.82) is 0 Å². The fourth-order valence-corrected chi connectivity index (χ4v) is 4.73. The number of benzene rings is 3. The quantitative estimate of drug-likeness (QED) is 0.352. The summed E-state index contributed by atoms with van der Waals surface area (Å²) in [5.41, 5.74) is 5.45. The third-order valence-corrected chi connectivity index (χ3v) is 6.17. The predicted molar refractivity (Wildman–Crippen MR) is 132 cm³/mol. The standard InChI is InChI=1S/C23H24N4O4S2/c1-32(28,29)26-18-11-7-16(8-12-18)9-14-23-24-21-13-10-17(15-22(21)25-23)19-5-3-4-6-20(19)27-33(2,30)31/h3-8,10-13,15,26-27H,9,14H2,1-2H3,(H,24,25). The number of aryl methyl sites for hydroxylation is 2. The summed E-state index contributed by atoms with van der Waals surface area (Å²) in [6, 6.07) is 20.3. The second-order valence-corrected chi connectivity index (χ2v) is 11.4. The summed E-state index contributed by atoms with van der Waals surface area (Å²) in [6.07, 6.45) is 3.68. The van der Waals surface area contributed by atoms with Gasteiger partial charge in [0.1, 0.15) is 5.82 Å². The van der Waals surface area contributed by atoms with Crippen molar-refractivity contribution >= 4 is 42.5 Å². The molecule has 0 fully saturated rings. The van der Waals surface area contributed by atoms with Crippen LogP contribution in [0.3, 0.4) is 0 Å². The topological polar surface area (TPSA) is 121 Å². The molecule has 0 bridgehead atoms. The molecule has 0 amide bonds. The SMILES string of the molecule is CS(=O)(=O)Nc1ccc(CCc2nc3cc(-c4ccccc4NS(C)(=O)=O)ccc3[nH]2)cc1. The summed E-state index contributed by atoms with van der Waals surface area (Å²) in [5.74, 6) is 0.836. The van der Waals surface area contributed by atoms with E-state index in [2.05, 4.69) is 14.4 Å². The van der Waals surface area contributed by atoms with E-state index in [1.54, 1.807) is 24.3 Å². The van der Waals surface area contributed by atoms with E-state index in [1.807, 2.05) is 42.5 Å². The number of sulfonamides is 2. The van der Waals surface area contributed by atoms with Crippen LogP contribution in [0.1, 0.15) is 11.4 Å². The smallest absolute Gasteiger partial charge is 0.229 e. The summed E-state index contributed by atoms with van der Waals surface area (Å²) < 4.78 is 51.1. The van der Waals surface area contributed by atoms with Gasteiger partial charge in [-0.05, 0) is 47.9 Å². The molecule has 1 heterocycles. The van der Waals surface area contributed by atoms with Gasteiger partial charge < -0.3 is 4.98 Å². The maximum atomic E-state index is 11.7. The van der Waals surface area contributed by atoms with Crippen LogP contribution in [0.15, 0.2) is 66.7 Å². The number of aromatic amines is 1. The van der Waals surface area contributed by atoms with E-state index in [9.17, 15) is 16.8 Å². The fraction of sp³-hybridized carbons (Fsp3) is 0.174. The van der Waals surface area contributed by atoms with Crippen molar-refractivity contribution in [2.45, 2.75) is 12.8 Å². The molecule has 0 aliphatic heterocycles. The van der Waals surface area contributed by atoms with Crippen LogP contribution in [0, 0.1) is 0 Å². The molecule has 3 aromatic carbocycles. The van der Waals surface area contributed by atoms with Gasteiger partial charge >= 0.3 is 0 Å². The van der Waals surface area contributed by atoms with Gasteiger partial charge in [0.2, 0.25) is 20.0 Å². The normalized spacial score (nSPS) is 12.1. The summed E-state index contributed by atoms with van der Waals surface area (Å²) in [4.78, 5) is 8.02. The Hall–Kier alpha value is -3.37. The molecule has 3 N–H and O–H groups in total. The molecule has 0 atom stereocenters. The number of hydrogen-bond acceptors (Lipinski definition) is 5. The van der Waals surface area contributed by atoms with Gasteiger partial charge in [-0.15, -0.1) is 0 Å². The summed E-state index contributed by atoms with van der Waals surface area (Å²) >= 11 is 0. The van der Waals surface area contributed by atoms with Gasteiger partial charge in [0.05, 0.1) is 29.2 Å². The largest absolute Gasteiger partial charge is 0.342 e. The average molecular weight is 485 g/mol. The number of fused-ring (bicyclic) bond motifs is 1. The van der Waals surface area contributed by atoms with E-state index in [1.165, 1.54) is 0 Å². The average Bonchev–Trinajstić information content (AvgIpc) is 3.13. The molecule has 33 heavy (non-hydrogen) atoms. The van der Waals surface area contributed by atoms with E-state index in [4.69, 9.17) is 4.98 Å². The minimum Gasteiger partial charge on any atom is -0.342 e. The number of nitrogens with one attached hydrogen (secondary N) is 3. The second-order valence-electron chi connectivity index (χ2n) is 7.91. The van der Waals surface area contributed by atoms with Crippen LogP contribution in [0.2, 0.25) is 0 Å². The van der Waals surface area contributed by atoms with Crippen molar-refractivity contribution in [2.75, 3.05) is 22.0 Å². The zero-order valence-electron chi connectivity index (χ0n) is 18.2. The van der Waals surface area contributed by atoms with Crippen LogP contribution < -0.4 is 9.44 Å². The summed E-state index contributed by atoms with van der Waals surface area (Å²) in [6.45, 7) is 0. The van der Waals surface area contributed by atoms with Crippen LogP contribution >= 0.6 is 0 Å². The van der Waals surface area contributed by atoms with Gasteiger partial charge in [-0.3, -0.25) is 9.44 Å². The molecule has 172 valence electrons. The lowest BCUT2D eigenvalue weighted by molar-refractivity contribution is 0.605. The van der Waals surface area contributed by atoms with Crippen molar-refractivity contribution in [3.8, 4) is 11.1 Å². The van der Waals surface area contributed by atoms with Crippen molar-refractivity contribution < 1.29 is 16.8 Å². The number of para-hydroxylation sites is 1. The molecule has 0 spiro atoms. The van der Waals surface area contributed by atoms with Crippen molar-refractivity contribution in [1.82, 2.24) is 9.97 Å². The lowest BCUT2D eigenvalue weighted by atomic mass is 10.0. The Labute approximate surface area is 193 Å². The molecule has 4 rings (SSSR count). The van der Waals surface area contributed by atoms with Crippen LogP contribution in [0.5, 0.6) is 0 Å². The maximum Gasteiger partial charge on any atom is 0.229 e. The number of hydrogen-bond donors (Lipinski definition) is 3. The fourth-order valence-electron chi connectivity index (χ4n) is 3.58. The van der Waals surface area contributed by atoms with Crippen molar-refractivity contribution in [3.63, 3.8) is 0 Å². The molecule has 4 aromatic rings. The van der Waals surface area contributed by atoms with Gasteiger partial charge in [-0.25, -0.2) is 21.8 Å². The highest BCUT2D eigenvalue weighted by atomic mass is 32.2. The molecule has 0 unspecified atom stereocenters. The Morgan fingerprint density at radius 2 is 1.52 bits per heavy atom. The number of nitrogens with zero attached hydrogens (tertiary/aromatic N) is 1. The van der Waals surface area contributed by atoms with E-state index < -0.39 is 20.0 Å². The molecule has 0 aliphatic rings. The molecule has 0 aliphatic carbocycles. The Morgan fingerprint density at radius 3 is 2.21 bits per heavy atom. The number of H-pyrrole nitrogens is 1. The molecular weight excluding hydrogens is 460 g/mol. The third kappa shape index (κ3) is 6.11. The van der Waals surface area contributed by atoms with Gasteiger partial charge in [-0.2, -0.15) is 0 Å². The van der Waals surface area contributed by atoms with Gasteiger partial charge in [0, 0.05) is 17.7 Å². The van der Waals surface area contributed by atoms with E-state index in [0.29, 0.717) is 17.8 Å². The predicted octanol–water partition coefficient (Wildman–Crippen LogP) is 3.76. The number of anilines is 2. The first-order chi connectivity index (χ1) is 15.6. The van der Waals surface area contributed by atoms with Gasteiger partial charge in [0.25, 0.3) is 0 Å². The first kappa shape index (κ1) is 22.8. The zero-order chi connectivity index (χ0) is 23.6. The Morgan fingerprint density at radius 1 is 0.818 bits per heavy atom. The molecule has 1 aromatic heterocycles. The third-order valence-electron chi connectivity index (χ3n) is 4.97. The van der Waals surface area contributed by atoms with Crippen LogP contribution in [0.4, 0.5) is 11.4 Å². The number of imidazole rings is 1. The lowest BCUT2D eigenvalue weighted by Gasteiger charge is -2.10. The first-order valence-electron chi connectivity index (χ1n) is 10.2. The number of aromatic nitrogens is 2. The van der Waals surface area contributed by atoms with E-state index >= 15 is 0 Å². The minimum atomic E-state index is -3.40. The molecule has 10 heteroatoms. The Bertz CT molecular complexity index is 1510. The van der Waals surface area contributed by atoms with Crippen LogP contribution in [-0.4, -0.2) is 39.3 Å². The van der Waals surface area contributed by atoms with Crippen LogP contribution in [0.25, 0.3) is 22.2 Å². The molecular formula is C23H24N4O4S2. The Balaban J connectivity index is 1.51. The summed E-state index contributed by atoms with van der Waals surface area (Å²) in [5, 5.41) is 0. The van der Waals surface area contributed by atoms with E-state index in [0.717, 1.165) is 52.5 Å². The van der Waals surface area contributed by atoms with Gasteiger partial charge in [0.15, 0.2) is 0 Å². The highest BCUT2D eigenvalue weighted by Crippen LogP contribution is 2.30. The maximum absolute atomic E-state index is 11.7. The highest BCUT2D eigenvalue weighted by molar-refractivity contribution is 7.92. The minimum absolute atomic E-state index is 0.518. The molecule has 0 saturated heterocycles. The van der Waals surface area contributed by atoms with E-state index in [-0.39, 0.29) is 0 Å². The summed E-state index contributed by atoms with van der Waals surface area (Å²) in [7, 11) is -6.69. The zero-order valence-corrected chi connectivity index (χ0v) is 19.8. The number of rotatable bonds is 8. The first-order valence-corrected chi connectivity index (χ1v) is 14.0. The van der Waals surface area contributed by atoms with Crippen molar-refractivity contribution in [2.24, 2.45) is 0 Å². The monoisotopic (exact) mass is 484 g/mol. The van der Waals surface area contributed by atoms with Crippen LogP contribution in [-0.2, 0) is 32.9 Å². The Kier molecular flexibility index (Phi) is 6.13.